The number of hydrogen-bond acceptors (Lipinski definition) is 4. The molecule has 9 heteroatoms. The number of amides is 1. The zero-order valence-corrected chi connectivity index (χ0v) is 17.9. The van der Waals surface area contributed by atoms with Gasteiger partial charge < -0.3 is 11.1 Å². The van der Waals surface area contributed by atoms with Gasteiger partial charge in [-0.1, -0.05) is 70.7 Å². The number of carbonyl (C=O) groups is 3. The average Bonchev–Trinajstić information content (AvgIpc) is 2.72. The minimum atomic E-state index is -0.674. The van der Waals surface area contributed by atoms with Crippen LogP contribution in [0.3, 0.4) is 0 Å². The number of halogens is 4. The summed E-state index contributed by atoms with van der Waals surface area (Å²) in [4.78, 5) is 38.9. The molecular weight excluding hydrogens is 470 g/mol. The third-order valence-corrected chi connectivity index (χ3v) is 6.45. The molecule has 0 saturated heterocycles. The third kappa shape index (κ3) is 3.15. The van der Waals surface area contributed by atoms with Gasteiger partial charge in [0.15, 0.2) is 11.6 Å². The Morgan fingerprint density at radius 1 is 0.800 bits per heavy atom. The summed E-state index contributed by atoms with van der Waals surface area (Å²) in [5.41, 5.74) is 6.76. The number of anilines is 2. The van der Waals surface area contributed by atoms with Crippen LogP contribution in [0.4, 0.5) is 11.4 Å². The van der Waals surface area contributed by atoms with Crippen LogP contribution in [0.5, 0.6) is 0 Å². The number of nitrogens with one attached hydrogen (secondary N) is 1. The Morgan fingerprint density at radius 3 is 2.10 bits per heavy atom. The molecule has 3 aromatic carbocycles. The first kappa shape index (κ1) is 20.7. The van der Waals surface area contributed by atoms with Crippen molar-refractivity contribution < 1.29 is 14.4 Å². The molecule has 150 valence electrons. The number of fused-ring (bicyclic) bond motifs is 2. The van der Waals surface area contributed by atoms with Gasteiger partial charge in [-0.2, -0.15) is 0 Å². The quantitative estimate of drug-likeness (QED) is 0.212. The van der Waals surface area contributed by atoms with E-state index in [1.54, 1.807) is 18.2 Å². The van der Waals surface area contributed by atoms with Crippen LogP contribution in [0.15, 0.2) is 42.5 Å². The highest BCUT2D eigenvalue weighted by molar-refractivity contribution is 6.53. The van der Waals surface area contributed by atoms with E-state index in [1.807, 2.05) is 0 Å². The molecule has 0 unspecified atom stereocenters. The van der Waals surface area contributed by atoms with Crippen LogP contribution >= 0.6 is 46.4 Å². The summed E-state index contributed by atoms with van der Waals surface area (Å²) in [6.07, 6.45) is 0. The molecule has 0 atom stereocenters. The smallest absolute Gasteiger partial charge is 0.257 e. The van der Waals surface area contributed by atoms with Crippen LogP contribution in [0.2, 0.25) is 20.1 Å². The minimum Gasteiger partial charge on any atom is -0.398 e. The molecule has 0 bridgehead atoms. The van der Waals surface area contributed by atoms with Crippen LogP contribution in [0.1, 0.15) is 42.2 Å². The number of hydrogen-bond donors (Lipinski definition) is 2. The maximum absolute atomic E-state index is 13.1. The molecule has 0 saturated carbocycles. The predicted octanol–water partition coefficient (Wildman–Crippen LogP) is 5.91. The molecular formula is C21H10Cl4N2O3. The molecule has 1 aliphatic carbocycles. The lowest BCUT2D eigenvalue weighted by Gasteiger charge is -2.21. The first-order valence-corrected chi connectivity index (χ1v) is 9.98. The van der Waals surface area contributed by atoms with Crippen LogP contribution in [-0.4, -0.2) is 17.5 Å². The molecule has 3 N–H and O–H groups in total. The summed E-state index contributed by atoms with van der Waals surface area (Å²) >= 11 is 24.1. The van der Waals surface area contributed by atoms with Crippen LogP contribution in [0.25, 0.3) is 0 Å². The summed E-state index contributed by atoms with van der Waals surface area (Å²) in [6, 6.07) is 10.5. The van der Waals surface area contributed by atoms with Crippen molar-refractivity contribution in [3.8, 4) is 0 Å². The fourth-order valence-corrected chi connectivity index (χ4v) is 4.19. The molecule has 0 fully saturated rings. The Hall–Kier alpha value is -2.57. The van der Waals surface area contributed by atoms with Gasteiger partial charge in [-0.3, -0.25) is 14.4 Å². The number of carbonyl (C=O) groups excluding carboxylic acids is 3. The van der Waals surface area contributed by atoms with E-state index in [0.717, 1.165) is 0 Å². The van der Waals surface area contributed by atoms with Crippen molar-refractivity contribution in [2.75, 3.05) is 11.1 Å². The number of nitrogens with two attached hydrogens (primary N) is 1. The Labute approximate surface area is 190 Å². The van der Waals surface area contributed by atoms with Gasteiger partial charge in [-0.25, -0.2) is 0 Å². The highest BCUT2D eigenvalue weighted by atomic mass is 35.5. The van der Waals surface area contributed by atoms with Crippen molar-refractivity contribution in [2.45, 2.75) is 0 Å². The number of benzene rings is 3. The van der Waals surface area contributed by atoms with Crippen molar-refractivity contribution in [1.82, 2.24) is 0 Å². The van der Waals surface area contributed by atoms with Crippen molar-refractivity contribution in [3.05, 3.63) is 90.4 Å². The second-order valence-electron chi connectivity index (χ2n) is 6.46. The molecule has 0 aliphatic heterocycles. The fraction of sp³-hybridized carbons (Fsp3) is 0. The van der Waals surface area contributed by atoms with E-state index in [1.165, 1.54) is 24.3 Å². The largest absolute Gasteiger partial charge is 0.398 e. The summed E-state index contributed by atoms with van der Waals surface area (Å²) in [5.74, 6) is -1.50. The zero-order chi connectivity index (χ0) is 21.7. The Bertz CT molecular complexity index is 1290. The van der Waals surface area contributed by atoms with Gasteiger partial charge in [0.25, 0.3) is 5.91 Å². The highest BCUT2D eigenvalue weighted by Gasteiger charge is 2.33. The predicted molar refractivity (Wildman–Crippen MR) is 119 cm³/mol. The summed E-state index contributed by atoms with van der Waals surface area (Å²) in [6.45, 7) is 0. The zero-order valence-electron chi connectivity index (χ0n) is 14.9. The lowest BCUT2D eigenvalue weighted by molar-refractivity contribution is 0.0979. The van der Waals surface area contributed by atoms with E-state index in [9.17, 15) is 14.4 Å². The van der Waals surface area contributed by atoms with E-state index in [-0.39, 0.29) is 59.3 Å². The highest BCUT2D eigenvalue weighted by Crippen LogP contribution is 2.39. The van der Waals surface area contributed by atoms with Gasteiger partial charge in [0.1, 0.15) is 0 Å². The SMILES string of the molecule is Nc1cccc2c1C(=O)c1cccc(NC(=O)c3cc(Cl)c(Cl)c(Cl)c3Cl)c1C2=O. The molecule has 4 rings (SSSR count). The average molecular weight is 480 g/mol. The number of nitrogen functional groups attached to an aromatic ring is 1. The Kier molecular flexibility index (Phi) is 5.24. The molecule has 1 aliphatic rings. The maximum Gasteiger partial charge on any atom is 0.257 e. The van der Waals surface area contributed by atoms with Gasteiger partial charge in [0.05, 0.1) is 42.5 Å². The molecule has 30 heavy (non-hydrogen) atoms. The van der Waals surface area contributed by atoms with Crippen molar-refractivity contribution in [3.63, 3.8) is 0 Å². The van der Waals surface area contributed by atoms with Crippen molar-refractivity contribution in [1.29, 1.82) is 0 Å². The molecule has 0 spiro atoms. The molecule has 1 amide bonds. The number of rotatable bonds is 2. The molecule has 0 heterocycles. The maximum atomic E-state index is 13.1. The van der Waals surface area contributed by atoms with Crippen molar-refractivity contribution in [2.24, 2.45) is 0 Å². The Balaban J connectivity index is 1.80. The van der Waals surface area contributed by atoms with Crippen LogP contribution in [0, 0.1) is 0 Å². The van der Waals surface area contributed by atoms with Crippen LogP contribution in [-0.2, 0) is 0 Å². The van der Waals surface area contributed by atoms with E-state index in [0.29, 0.717) is 0 Å². The third-order valence-electron chi connectivity index (χ3n) is 4.70. The molecule has 0 radical (unpaired) electrons. The monoisotopic (exact) mass is 478 g/mol. The van der Waals surface area contributed by atoms with E-state index >= 15 is 0 Å². The normalized spacial score (nSPS) is 12.4. The number of ketones is 2. The second-order valence-corrected chi connectivity index (χ2v) is 8.00. The van der Waals surface area contributed by atoms with Crippen LogP contribution < -0.4 is 11.1 Å². The Morgan fingerprint density at radius 2 is 1.40 bits per heavy atom. The lowest BCUT2D eigenvalue weighted by Crippen LogP contribution is -2.25. The van der Waals surface area contributed by atoms with E-state index in [2.05, 4.69) is 5.32 Å². The van der Waals surface area contributed by atoms with E-state index < -0.39 is 17.5 Å². The summed E-state index contributed by atoms with van der Waals surface area (Å²) < 4.78 is 0. The molecule has 3 aromatic rings. The van der Waals surface area contributed by atoms with Gasteiger partial charge in [0, 0.05) is 16.8 Å². The minimum absolute atomic E-state index is 0.0203. The van der Waals surface area contributed by atoms with Gasteiger partial charge in [-0.15, -0.1) is 0 Å². The summed E-state index contributed by atoms with van der Waals surface area (Å²) in [7, 11) is 0. The standard InChI is InChI=1S/C21H10Cl4N2O3/c22-11-7-10(16(23)18(25)17(11)24)21(30)27-13-6-2-4-9-15(13)20(29)8-3-1-5-12(26)14(8)19(9)28/h1-7H,26H2,(H,27,30). The molecule has 5 nitrogen and oxygen atoms in total. The fourth-order valence-electron chi connectivity index (χ4n) is 3.30. The topological polar surface area (TPSA) is 89.3 Å². The van der Waals surface area contributed by atoms with Gasteiger partial charge in [-0.05, 0) is 18.2 Å². The van der Waals surface area contributed by atoms with Gasteiger partial charge in [0.2, 0.25) is 0 Å². The molecule has 0 aromatic heterocycles. The first-order chi connectivity index (χ1) is 14.2. The summed E-state index contributed by atoms with van der Waals surface area (Å²) in [5, 5.41) is 2.52. The lowest BCUT2D eigenvalue weighted by atomic mass is 9.82. The van der Waals surface area contributed by atoms with Crippen molar-refractivity contribution >= 4 is 75.3 Å². The van der Waals surface area contributed by atoms with Gasteiger partial charge >= 0.3 is 0 Å². The first-order valence-electron chi connectivity index (χ1n) is 8.47. The second kappa shape index (κ2) is 7.60. The van der Waals surface area contributed by atoms with E-state index in [4.69, 9.17) is 52.1 Å².